The zero-order chi connectivity index (χ0) is 11.5. The Kier molecular flexibility index (Phi) is 3.17. The maximum Gasteiger partial charge on any atom is 0.128 e. The van der Waals surface area contributed by atoms with Crippen LogP contribution < -0.4 is 10.5 Å². The maximum absolute atomic E-state index is 13.2. The van der Waals surface area contributed by atoms with Crippen LogP contribution in [0.4, 0.5) is 4.39 Å². The standard InChI is InChI=1S/C11H11FN2OS/c1-15-11-3-2-7(12)4-9(11)10-5-8(6-13)16-14-10/h2-5H,6,13H2,1H3. The van der Waals surface area contributed by atoms with E-state index in [0.29, 0.717) is 23.6 Å². The highest BCUT2D eigenvalue weighted by atomic mass is 32.1. The molecular formula is C11H11FN2OS. The summed E-state index contributed by atoms with van der Waals surface area (Å²) in [6.45, 7) is 0.440. The topological polar surface area (TPSA) is 48.1 Å². The number of benzene rings is 1. The summed E-state index contributed by atoms with van der Waals surface area (Å²) in [4.78, 5) is 0.960. The molecule has 2 rings (SSSR count). The van der Waals surface area contributed by atoms with Gasteiger partial charge in [0.1, 0.15) is 11.6 Å². The molecule has 0 unspecified atom stereocenters. The fraction of sp³-hybridized carbons (Fsp3) is 0.182. The first kappa shape index (κ1) is 11.0. The van der Waals surface area contributed by atoms with Gasteiger partial charge in [0, 0.05) is 17.0 Å². The van der Waals surface area contributed by atoms with E-state index < -0.39 is 0 Å². The molecule has 0 bridgehead atoms. The summed E-state index contributed by atoms with van der Waals surface area (Å²) in [5, 5.41) is 0. The van der Waals surface area contributed by atoms with Crippen LogP contribution in [-0.4, -0.2) is 11.5 Å². The van der Waals surface area contributed by atoms with Crippen molar-refractivity contribution < 1.29 is 9.13 Å². The van der Waals surface area contributed by atoms with Crippen molar-refractivity contribution in [2.45, 2.75) is 6.54 Å². The van der Waals surface area contributed by atoms with E-state index in [1.165, 1.54) is 23.7 Å². The van der Waals surface area contributed by atoms with E-state index in [0.717, 1.165) is 4.88 Å². The Bertz CT molecular complexity index is 498. The van der Waals surface area contributed by atoms with Gasteiger partial charge in [-0.15, -0.1) is 0 Å². The molecule has 1 heterocycles. The monoisotopic (exact) mass is 238 g/mol. The molecule has 1 aromatic heterocycles. The van der Waals surface area contributed by atoms with Gasteiger partial charge >= 0.3 is 0 Å². The van der Waals surface area contributed by atoms with Crippen molar-refractivity contribution in [3.63, 3.8) is 0 Å². The molecule has 16 heavy (non-hydrogen) atoms. The molecule has 0 fully saturated rings. The van der Waals surface area contributed by atoms with Crippen molar-refractivity contribution in [1.82, 2.24) is 4.37 Å². The Balaban J connectivity index is 2.49. The summed E-state index contributed by atoms with van der Waals surface area (Å²) in [5.74, 6) is 0.299. The number of aromatic nitrogens is 1. The Labute approximate surface area is 96.8 Å². The Morgan fingerprint density at radius 1 is 1.44 bits per heavy atom. The number of hydrogen-bond acceptors (Lipinski definition) is 4. The minimum atomic E-state index is -0.307. The quantitative estimate of drug-likeness (QED) is 0.893. The largest absolute Gasteiger partial charge is 0.496 e. The smallest absolute Gasteiger partial charge is 0.128 e. The molecule has 0 aliphatic heterocycles. The van der Waals surface area contributed by atoms with Gasteiger partial charge in [-0.3, -0.25) is 0 Å². The second kappa shape index (κ2) is 4.59. The summed E-state index contributed by atoms with van der Waals surface area (Å²) in [6.07, 6.45) is 0. The lowest BCUT2D eigenvalue weighted by molar-refractivity contribution is 0.415. The molecule has 2 aromatic rings. The second-order valence-corrected chi connectivity index (χ2v) is 4.12. The van der Waals surface area contributed by atoms with Crippen molar-refractivity contribution in [1.29, 1.82) is 0 Å². The number of methoxy groups -OCH3 is 1. The van der Waals surface area contributed by atoms with Crippen LogP contribution in [-0.2, 0) is 6.54 Å². The third kappa shape index (κ3) is 2.05. The van der Waals surface area contributed by atoms with E-state index in [2.05, 4.69) is 4.37 Å². The van der Waals surface area contributed by atoms with Crippen LogP contribution >= 0.6 is 11.5 Å². The molecule has 2 N–H and O–H groups in total. The average Bonchev–Trinajstić information content (AvgIpc) is 2.77. The minimum Gasteiger partial charge on any atom is -0.496 e. The van der Waals surface area contributed by atoms with Crippen molar-refractivity contribution in [2.75, 3.05) is 7.11 Å². The number of halogens is 1. The van der Waals surface area contributed by atoms with Gasteiger partial charge in [-0.1, -0.05) is 0 Å². The Morgan fingerprint density at radius 3 is 2.88 bits per heavy atom. The molecule has 0 saturated carbocycles. The predicted molar refractivity (Wildman–Crippen MR) is 62.0 cm³/mol. The number of nitrogens with zero attached hydrogens (tertiary/aromatic N) is 1. The number of hydrogen-bond donors (Lipinski definition) is 1. The first-order chi connectivity index (χ1) is 7.74. The highest BCUT2D eigenvalue weighted by Gasteiger charge is 2.10. The van der Waals surface area contributed by atoms with Crippen LogP contribution in [0.3, 0.4) is 0 Å². The molecule has 1 aromatic carbocycles. The molecule has 0 aliphatic carbocycles. The van der Waals surface area contributed by atoms with Crippen molar-refractivity contribution in [2.24, 2.45) is 5.73 Å². The van der Waals surface area contributed by atoms with Crippen LogP contribution in [0.15, 0.2) is 24.3 Å². The fourth-order valence-electron chi connectivity index (χ4n) is 1.42. The third-order valence-electron chi connectivity index (χ3n) is 2.20. The first-order valence-electron chi connectivity index (χ1n) is 4.74. The lowest BCUT2D eigenvalue weighted by atomic mass is 10.1. The van der Waals surface area contributed by atoms with Gasteiger partial charge in [-0.05, 0) is 35.8 Å². The van der Waals surface area contributed by atoms with Gasteiger partial charge in [-0.25, -0.2) is 4.39 Å². The summed E-state index contributed by atoms with van der Waals surface area (Å²) in [7, 11) is 1.55. The molecular weight excluding hydrogens is 227 g/mol. The van der Waals surface area contributed by atoms with Gasteiger partial charge in [0.05, 0.1) is 12.8 Å². The van der Waals surface area contributed by atoms with E-state index in [1.54, 1.807) is 13.2 Å². The predicted octanol–water partition coefficient (Wildman–Crippen LogP) is 2.42. The zero-order valence-corrected chi connectivity index (χ0v) is 9.55. The molecule has 3 nitrogen and oxygen atoms in total. The number of ether oxygens (including phenoxy) is 1. The normalized spacial score (nSPS) is 10.4. The molecule has 0 atom stereocenters. The third-order valence-corrected chi connectivity index (χ3v) is 3.00. The average molecular weight is 238 g/mol. The summed E-state index contributed by atoms with van der Waals surface area (Å²) >= 11 is 1.32. The van der Waals surface area contributed by atoms with Gasteiger partial charge < -0.3 is 10.5 Å². The molecule has 0 spiro atoms. The van der Waals surface area contributed by atoms with Gasteiger partial charge in [0.25, 0.3) is 0 Å². The maximum atomic E-state index is 13.2. The van der Waals surface area contributed by atoms with Crippen molar-refractivity contribution in [3.8, 4) is 17.0 Å². The van der Waals surface area contributed by atoms with Gasteiger partial charge in [0.15, 0.2) is 0 Å². The lowest BCUT2D eigenvalue weighted by Gasteiger charge is -2.05. The summed E-state index contributed by atoms with van der Waals surface area (Å²) in [5.41, 5.74) is 6.85. The molecule has 0 aliphatic rings. The Hall–Kier alpha value is -1.46. The molecule has 0 amide bonds. The van der Waals surface area contributed by atoms with Crippen LogP contribution in [0.5, 0.6) is 5.75 Å². The highest BCUT2D eigenvalue weighted by molar-refractivity contribution is 7.06. The number of rotatable bonds is 3. The van der Waals surface area contributed by atoms with Crippen LogP contribution in [0.2, 0.25) is 0 Å². The number of nitrogens with two attached hydrogens (primary N) is 1. The van der Waals surface area contributed by atoms with Gasteiger partial charge in [0.2, 0.25) is 0 Å². The molecule has 0 radical (unpaired) electrons. The van der Waals surface area contributed by atoms with E-state index >= 15 is 0 Å². The van der Waals surface area contributed by atoms with Crippen molar-refractivity contribution in [3.05, 3.63) is 35.0 Å². The van der Waals surface area contributed by atoms with E-state index in [-0.39, 0.29) is 5.82 Å². The molecule has 0 saturated heterocycles. The summed E-state index contributed by atoms with van der Waals surface area (Å²) in [6, 6.07) is 6.21. The Morgan fingerprint density at radius 2 is 2.25 bits per heavy atom. The highest BCUT2D eigenvalue weighted by Crippen LogP contribution is 2.31. The zero-order valence-electron chi connectivity index (χ0n) is 8.74. The first-order valence-corrected chi connectivity index (χ1v) is 5.51. The van der Waals surface area contributed by atoms with Gasteiger partial charge in [-0.2, -0.15) is 4.37 Å². The second-order valence-electron chi connectivity index (χ2n) is 3.23. The van der Waals surface area contributed by atoms with E-state index in [4.69, 9.17) is 10.5 Å². The van der Waals surface area contributed by atoms with Crippen LogP contribution in [0, 0.1) is 5.82 Å². The van der Waals surface area contributed by atoms with E-state index in [1.807, 2.05) is 6.07 Å². The van der Waals surface area contributed by atoms with Crippen LogP contribution in [0.1, 0.15) is 4.88 Å². The fourth-order valence-corrected chi connectivity index (χ4v) is 2.02. The summed E-state index contributed by atoms with van der Waals surface area (Å²) < 4.78 is 22.5. The van der Waals surface area contributed by atoms with Crippen LogP contribution in [0.25, 0.3) is 11.3 Å². The minimum absolute atomic E-state index is 0.307. The molecule has 5 heteroatoms. The SMILES string of the molecule is COc1ccc(F)cc1-c1cc(CN)sn1. The lowest BCUT2D eigenvalue weighted by Crippen LogP contribution is -1.92. The molecule has 84 valence electrons. The van der Waals surface area contributed by atoms with Crippen molar-refractivity contribution >= 4 is 11.5 Å². The van der Waals surface area contributed by atoms with E-state index in [9.17, 15) is 4.39 Å².